The number of guanidine groups is 1. The lowest BCUT2D eigenvalue weighted by atomic mass is 10.1. The van der Waals surface area contributed by atoms with Crippen LogP contribution < -0.4 is 5.73 Å². The van der Waals surface area contributed by atoms with Gasteiger partial charge < -0.3 is 20.4 Å². The van der Waals surface area contributed by atoms with Gasteiger partial charge in [-0.2, -0.15) is 0 Å². The molecule has 1 atom stereocenters. The Bertz CT molecular complexity index is 317. The van der Waals surface area contributed by atoms with Crippen LogP contribution in [0.2, 0.25) is 0 Å². The van der Waals surface area contributed by atoms with E-state index >= 15 is 0 Å². The fourth-order valence-electron chi connectivity index (χ4n) is 3.26. The number of aliphatic imine (C=N–C) groups is 1. The maximum atomic E-state index is 6.12. The normalized spacial score (nSPS) is 24.3. The van der Waals surface area contributed by atoms with Crippen molar-refractivity contribution in [3.05, 3.63) is 0 Å². The predicted molar refractivity (Wildman–Crippen MR) is 89.6 cm³/mol. The maximum absolute atomic E-state index is 6.12. The van der Waals surface area contributed by atoms with Crippen LogP contribution in [0.4, 0.5) is 0 Å². The number of nitrogens with zero attached hydrogens (tertiary/aromatic N) is 4. The zero-order valence-corrected chi connectivity index (χ0v) is 13.9. The molecule has 0 bridgehead atoms. The van der Waals surface area contributed by atoms with Gasteiger partial charge in [-0.3, -0.25) is 4.99 Å². The lowest BCUT2D eigenvalue weighted by molar-refractivity contribution is 0.125. The SMILES string of the molecule is CCN1CCN(CC(C)CN=C(N)N2CCCCC2)CC1. The summed E-state index contributed by atoms with van der Waals surface area (Å²) in [5.74, 6) is 1.35. The predicted octanol–water partition coefficient (Wildman–Crippen LogP) is 1.06. The quantitative estimate of drug-likeness (QED) is 0.609. The minimum Gasteiger partial charge on any atom is -0.370 e. The molecule has 2 rings (SSSR count). The van der Waals surface area contributed by atoms with Crippen LogP contribution in [-0.4, -0.2) is 79.6 Å². The molecule has 1 unspecified atom stereocenters. The summed E-state index contributed by atoms with van der Waals surface area (Å²) in [6.07, 6.45) is 3.85. The molecule has 2 fully saturated rings. The summed E-state index contributed by atoms with van der Waals surface area (Å²) < 4.78 is 0. The smallest absolute Gasteiger partial charge is 0.191 e. The average molecular weight is 295 g/mol. The molecule has 2 heterocycles. The summed E-state index contributed by atoms with van der Waals surface area (Å²) in [7, 11) is 0. The minimum absolute atomic E-state index is 0.585. The summed E-state index contributed by atoms with van der Waals surface area (Å²) in [6, 6.07) is 0. The summed E-state index contributed by atoms with van der Waals surface area (Å²) >= 11 is 0. The second kappa shape index (κ2) is 8.59. The third-order valence-corrected chi connectivity index (χ3v) is 4.73. The monoisotopic (exact) mass is 295 g/mol. The van der Waals surface area contributed by atoms with Gasteiger partial charge in [0.05, 0.1) is 0 Å². The summed E-state index contributed by atoms with van der Waals surface area (Å²) in [6.45, 7) is 14.7. The molecule has 2 N–H and O–H groups in total. The van der Waals surface area contributed by atoms with Crippen molar-refractivity contribution in [1.29, 1.82) is 0 Å². The van der Waals surface area contributed by atoms with Crippen LogP contribution in [0.3, 0.4) is 0 Å². The Balaban J connectivity index is 1.68. The first kappa shape index (κ1) is 16.6. The second-order valence-corrected chi connectivity index (χ2v) is 6.59. The molecule has 5 heteroatoms. The third-order valence-electron chi connectivity index (χ3n) is 4.73. The van der Waals surface area contributed by atoms with Crippen LogP contribution in [0.1, 0.15) is 33.1 Å². The van der Waals surface area contributed by atoms with E-state index < -0.39 is 0 Å². The highest BCUT2D eigenvalue weighted by atomic mass is 15.3. The summed E-state index contributed by atoms with van der Waals surface area (Å²) in [4.78, 5) is 12.0. The maximum Gasteiger partial charge on any atom is 0.191 e. The van der Waals surface area contributed by atoms with E-state index in [0.29, 0.717) is 5.92 Å². The van der Waals surface area contributed by atoms with E-state index in [0.717, 1.165) is 32.1 Å². The molecule has 0 aromatic carbocycles. The standard InChI is InChI=1S/C16H33N5/c1-3-19-9-11-20(12-10-19)14-15(2)13-18-16(17)21-7-5-4-6-8-21/h15H,3-14H2,1-2H3,(H2,17,18). The van der Waals surface area contributed by atoms with Crippen LogP contribution in [0.5, 0.6) is 0 Å². The molecule has 0 aromatic heterocycles. The van der Waals surface area contributed by atoms with E-state index in [9.17, 15) is 0 Å². The van der Waals surface area contributed by atoms with Gasteiger partial charge in [0, 0.05) is 52.4 Å². The van der Waals surface area contributed by atoms with E-state index in [4.69, 9.17) is 5.73 Å². The van der Waals surface area contributed by atoms with Gasteiger partial charge in [0.1, 0.15) is 0 Å². The number of hydrogen-bond acceptors (Lipinski definition) is 3. The molecule has 2 aliphatic rings. The van der Waals surface area contributed by atoms with Crippen LogP contribution in [0.25, 0.3) is 0 Å². The van der Waals surface area contributed by atoms with Crippen LogP contribution in [0, 0.1) is 5.92 Å². The zero-order chi connectivity index (χ0) is 15.1. The Labute approximate surface area is 130 Å². The summed E-state index contributed by atoms with van der Waals surface area (Å²) in [5.41, 5.74) is 6.12. The number of rotatable bonds is 5. The Hall–Kier alpha value is -0.810. The van der Waals surface area contributed by atoms with Crippen molar-refractivity contribution in [2.75, 3.05) is 58.9 Å². The molecular formula is C16H33N5. The average Bonchev–Trinajstić information content (AvgIpc) is 2.54. The topological polar surface area (TPSA) is 48.1 Å². The van der Waals surface area contributed by atoms with Crippen molar-refractivity contribution in [2.45, 2.75) is 33.1 Å². The molecule has 0 amide bonds. The van der Waals surface area contributed by atoms with E-state index in [-0.39, 0.29) is 0 Å². The number of hydrogen-bond donors (Lipinski definition) is 1. The molecule has 122 valence electrons. The van der Waals surface area contributed by atoms with Gasteiger partial charge >= 0.3 is 0 Å². The number of piperazine rings is 1. The first-order valence-corrected chi connectivity index (χ1v) is 8.68. The molecule has 0 radical (unpaired) electrons. The molecule has 0 aromatic rings. The largest absolute Gasteiger partial charge is 0.370 e. The van der Waals surface area contributed by atoms with Crippen molar-refractivity contribution < 1.29 is 0 Å². The van der Waals surface area contributed by atoms with Gasteiger partial charge in [0.15, 0.2) is 5.96 Å². The first-order valence-electron chi connectivity index (χ1n) is 8.68. The Kier molecular flexibility index (Phi) is 6.77. The van der Waals surface area contributed by atoms with Gasteiger partial charge in [-0.05, 0) is 31.7 Å². The third kappa shape index (κ3) is 5.47. The Morgan fingerprint density at radius 2 is 1.62 bits per heavy atom. The zero-order valence-electron chi connectivity index (χ0n) is 13.9. The minimum atomic E-state index is 0.585. The van der Waals surface area contributed by atoms with E-state index in [1.54, 1.807) is 0 Å². The van der Waals surface area contributed by atoms with Crippen molar-refractivity contribution in [3.63, 3.8) is 0 Å². The number of likely N-dealkylation sites (tertiary alicyclic amines) is 1. The van der Waals surface area contributed by atoms with Crippen molar-refractivity contribution in [3.8, 4) is 0 Å². The van der Waals surface area contributed by atoms with Crippen LogP contribution in [0.15, 0.2) is 4.99 Å². The highest BCUT2D eigenvalue weighted by Crippen LogP contribution is 2.09. The Morgan fingerprint density at radius 1 is 1.00 bits per heavy atom. The molecular weight excluding hydrogens is 262 g/mol. The van der Waals surface area contributed by atoms with Crippen molar-refractivity contribution in [2.24, 2.45) is 16.6 Å². The molecule has 0 spiro atoms. The number of nitrogens with two attached hydrogens (primary N) is 1. The van der Waals surface area contributed by atoms with Gasteiger partial charge in [0.25, 0.3) is 0 Å². The fraction of sp³-hybridized carbons (Fsp3) is 0.938. The van der Waals surface area contributed by atoms with Gasteiger partial charge in [-0.25, -0.2) is 0 Å². The van der Waals surface area contributed by atoms with Gasteiger partial charge in [-0.1, -0.05) is 13.8 Å². The van der Waals surface area contributed by atoms with Gasteiger partial charge in [-0.15, -0.1) is 0 Å². The molecule has 2 saturated heterocycles. The fourth-order valence-corrected chi connectivity index (χ4v) is 3.26. The number of likely N-dealkylation sites (N-methyl/N-ethyl adjacent to an activating group) is 1. The summed E-state index contributed by atoms with van der Waals surface area (Å²) in [5, 5.41) is 0. The highest BCUT2D eigenvalue weighted by Gasteiger charge is 2.17. The molecule has 5 nitrogen and oxygen atoms in total. The lowest BCUT2D eigenvalue weighted by Crippen LogP contribution is -2.47. The molecule has 21 heavy (non-hydrogen) atoms. The van der Waals surface area contributed by atoms with Crippen LogP contribution >= 0.6 is 0 Å². The molecule has 2 aliphatic heterocycles. The Morgan fingerprint density at radius 3 is 2.24 bits per heavy atom. The van der Waals surface area contributed by atoms with E-state index in [1.807, 2.05) is 0 Å². The highest BCUT2D eigenvalue weighted by molar-refractivity contribution is 5.78. The molecule has 0 saturated carbocycles. The molecule has 0 aliphatic carbocycles. The second-order valence-electron chi connectivity index (χ2n) is 6.59. The van der Waals surface area contributed by atoms with E-state index in [2.05, 4.69) is 33.5 Å². The van der Waals surface area contributed by atoms with Gasteiger partial charge in [0.2, 0.25) is 0 Å². The lowest BCUT2D eigenvalue weighted by Gasteiger charge is -2.35. The van der Waals surface area contributed by atoms with Crippen molar-refractivity contribution in [1.82, 2.24) is 14.7 Å². The number of piperidine rings is 1. The van der Waals surface area contributed by atoms with Crippen LogP contribution in [-0.2, 0) is 0 Å². The van der Waals surface area contributed by atoms with Crippen molar-refractivity contribution >= 4 is 5.96 Å². The first-order chi connectivity index (χ1) is 10.2. The van der Waals surface area contributed by atoms with E-state index in [1.165, 1.54) is 52.0 Å².